The fourth-order valence-corrected chi connectivity index (χ4v) is 1.64. The van der Waals surface area contributed by atoms with E-state index in [4.69, 9.17) is 4.74 Å². The lowest BCUT2D eigenvalue weighted by molar-refractivity contribution is -0.892. The van der Waals surface area contributed by atoms with Crippen LogP contribution in [0.4, 0.5) is 0 Å². The van der Waals surface area contributed by atoms with E-state index in [0.29, 0.717) is 19.7 Å². The van der Waals surface area contributed by atoms with Crippen LogP contribution in [0.5, 0.6) is 0 Å². The Morgan fingerprint density at radius 2 is 2.36 bits per heavy atom. The summed E-state index contributed by atoms with van der Waals surface area (Å²) in [6.07, 6.45) is 1.11. The van der Waals surface area contributed by atoms with Crippen LogP contribution >= 0.6 is 0 Å². The Morgan fingerprint density at radius 1 is 1.64 bits per heavy atom. The third-order valence-electron chi connectivity index (χ3n) is 2.12. The van der Waals surface area contributed by atoms with Gasteiger partial charge in [-0.25, -0.2) is 0 Å². The van der Waals surface area contributed by atoms with Gasteiger partial charge in [-0.15, -0.1) is 0 Å². The molecule has 0 N–H and O–H groups in total. The first kappa shape index (κ1) is 8.97. The van der Waals surface area contributed by atoms with E-state index in [1.807, 2.05) is 6.92 Å². The Hall–Kier alpha value is -0.120. The maximum absolute atomic E-state index is 11.8. The molecular formula is C8H17NO2. The monoisotopic (exact) mass is 159 g/mol. The van der Waals surface area contributed by atoms with Crippen LogP contribution in [-0.2, 0) is 4.74 Å². The summed E-state index contributed by atoms with van der Waals surface area (Å²) in [6.45, 7) is 6.67. The summed E-state index contributed by atoms with van der Waals surface area (Å²) < 4.78 is 5.26. The zero-order valence-electron chi connectivity index (χ0n) is 7.38. The Kier molecular flexibility index (Phi) is 2.87. The highest BCUT2D eigenvalue weighted by molar-refractivity contribution is 4.57. The lowest BCUT2D eigenvalue weighted by Gasteiger charge is -2.47. The van der Waals surface area contributed by atoms with Gasteiger partial charge in [0, 0.05) is 0 Å². The maximum Gasteiger partial charge on any atom is 0.105 e. The summed E-state index contributed by atoms with van der Waals surface area (Å²) in [7, 11) is 0. The summed E-state index contributed by atoms with van der Waals surface area (Å²) in [5.41, 5.74) is 0. The molecule has 0 spiro atoms. The molecule has 0 saturated carbocycles. The maximum atomic E-state index is 11.8. The molecule has 2 unspecified atom stereocenters. The van der Waals surface area contributed by atoms with Crippen LogP contribution in [0.1, 0.15) is 20.3 Å². The first-order chi connectivity index (χ1) is 5.16. The molecule has 0 aromatic heterocycles. The predicted molar refractivity (Wildman–Crippen MR) is 43.9 cm³/mol. The van der Waals surface area contributed by atoms with Crippen LogP contribution in [-0.4, -0.2) is 37.0 Å². The van der Waals surface area contributed by atoms with Gasteiger partial charge in [0.2, 0.25) is 0 Å². The highest BCUT2D eigenvalue weighted by Gasteiger charge is 2.24. The lowest BCUT2D eigenvalue weighted by Crippen LogP contribution is -2.53. The van der Waals surface area contributed by atoms with Crippen LogP contribution in [0.15, 0.2) is 0 Å². The van der Waals surface area contributed by atoms with E-state index in [9.17, 15) is 5.21 Å². The number of rotatable bonds is 2. The molecule has 66 valence electrons. The fraction of sp³-hybridized carbons (Fsp3) is 1.00. The van der Waals surface area contributed by atoms with Crippen molar-refractivity contribution >= 4 is 0 Å². The summed E-state index contributed by atoms with van der Waals surface area (Å²) in [5, 5.41) is 11.8. The molecule has 0 amide bonds. The van der Waals surface area contributed by atoms with Crippen LogP contribution in [0.3, 0.4) is 0 Å². The summed E-state index contributed by atoms with van der Waals surface area (Å²) in [5.74, 6) is 0. The summed E-state index contributed by atoms with van der Waals surface area (Å²) >= 11 is 0. The molecule has 0 aliphatic carbocycles. The van der Waals surface area contributed by atoms with Crippen molar-refractivity contribution in [2.75, 3.05) is 26.2 Å². The highest BCUT2D eigenvalue weighted by atomic mass is 16.6. The second kappa shape index (κ2) is 3.52. The van der Waals surface area contributed by atoms with Crippen LogP contribution in [0.2, 0.25) is 0 Å². The van der Waals surface area contributed by atoms with Gasteiger partial charge in [-0.1, -0.05) is 6.92 Å². The molecule has 1 heterocycles. The van der Waals surface area contributed by atoms with E-state index < -0.39 is 0 Å². The number of hydrogen-bond acceptors (Lipinski definition) is 2. The molecule has 0 radical (unpaired) electrons. The Labute approximate surface area is 68.1 Å². The van der Waals surface area contributed by atoms with E-state index >= 15 is 0 Å². The minimum Gasteiger partial charge on any atom is -0.633 e. The van der Waals surface area contributed by atoms with Crippen molar-refractivity contribution in [1.29, 1.82) is 0 Å². The molecule has 3 nitrogen and oxygen atoms in total. The fourth-order valence-electron chi connectivity index (χ4n) is 1.64. The molecule has 0 bridgehead atoms. The van der Waals surface area contributed by atoms with Crippen molar-refractivity contribution < 1.29 is 9.38 Å². The van der Waals surface area contributed by atoms with Crippen molar-refractivity contribution in [2.45, 2.75) is 26.4 Å². The van der Waals surface area contributed by atoms with Gasteiger partial charge in [0.15, 0.2) is 0 Å². The number of ether oxygens (including phenoxy) is 1. The van der Waals surface area contributed by atoms with Crippen molar-refractivity contribution in [3.8, 4) is 0 Å². The Bertz CT molecular complexity index is 125. The zero-order valence-corrected chi connectivity index (χ0v) is 7.38. The van der Waals surface area contributed by atoms with Gasteiger partial charge in [-0.3, -0.25) is 0 Å². The molecule has 2 atom stereocenters. The summed E-state index contributed by atoms with van der Waals surface area (Å²) in [4.78, 5) is 0. The van der Waals surface area contributed by atoms with Gasteiger partial charge in [0.1, 0.15) is 19.2 Å². The smallest absolute Gasteiger partial charge is 0.105 e. The highest BCUT2D eigenvalue weighted by Crippen LogP contribution is 2.13. The van der Waals surface area contributed by atoms with Crippen molar-refractivity contribution in [2.24, 2.45) is 0 Å². The minimum absolute atomic E-state index is 0.0440. The van der Waals surface area contributed by atoms with Gasteiger partial charge in [0.25, 0.3) is 0 Å². The van der Waals surface area contributed by atoms with E-state index in [2.05, 4.69) is 6.92 Å². The van der Waals surface area contributed by atoms with Crippen LogP contribution in [0.25, 0.3) is 0 Å². The molecule has 11 heavy (non-hydrogen) atoms. The summed E-state index contributed by atoms with van der Waals surface area (Å²) in [6, 6.07) is 0. The number of hydrogen-bond donors (Lipinski definition) is 0. The van der Waals surface area contributed by atoms with Gasteiger partial charge in [-0.05, 0) is 13.3 Å². The average Bonchev–Trinajstić information content (AvgIpc) is 1.86. The first-order valence-electron chi connectivity index (χ1n) is 4.35. The van der Waals surface area contributed by atoms with E-state index in [1.54, 1.807) is 0 Å². The molecule has 1 aliphatic rings. The first-order valence-corrected chi connectivity index (χ1v) is 4.35. The van der Waals surface area contributed by atoms with E-state index in [-0.39, 0.29) is 10.8 Å². The second-order valence-corrected chi connectivity index (χ2v) is 3.37. The molecular weight excluding hydrogens is 142 g/mol. The van der Waals surface area contributed by atoms with Gasteiger partial charge < -0.3 is 14.6 Å². The van der Waals surface area contributed by atoms with Crippen molar-refractivity contribution in [3.05, 3.63) is 5.21 Å². The second-order valence-electron chi connectivity index (χ2n) is 3.37. The topological polar surface area (TPSA) is 32.3 Å². The standard InChI is InChI=1S/C8H17NO2/c1-3-4-9(10)5-6-11-8(2)7-9/h8H,3-7H2,1-2H3. The third kappa shape index (κ3) is 2.43. The number of morpholine rings is 1. The van der Waals surface area contributed by atoms with Crippen LogP contribution < -0.4 is 0 Å². The third-order valence-corrected chi connectivity index (χ3v) is 2.12. The minimum atomic E-state index is -0.0440. The molecule has 3 heteroatoms. The molecule has 1 rings (SSSR count). The van der Waals surface area contributed by atoms with E-state index in [1.165, 1.54) is 0 Å². The average molecular weight is 159 g/mol. The quantitative estimate of drug-likeness (QED) is 0.447. The lowest BCUT2D eigenvalue weighted by atomic mass is 10.3. The molecule has 0 aromatic rings. The largest absolute Gasteiger partial charge is 0.633 e. The van der Waals surface area contributed by atoms with Crippen molar-refractivity contribution in [1.82, 2.24) is 0 Å². The SMILES string of the molecule is CCC[N+]1([O-])CCOC(C)C1. The molecule has 1 fully saturated rings. The van der Waals surface area contributed by atoms with E-state index in [0.717, 1.165) is 13.0 Å². The van der Waals surface area contributed by atoms with Gasteiger partial charge >= 0.3 is 0 Å². The molecule has 1 aliphatic heterocycles. The number of quaternary nitrogens is 1. The van der Waals surface area contributed by atoms with Gasteiger partial charge in [0.05, 0.1) is 13.2 Å². The Balaban J connectivity index is 2.41. The number of hydroxylamine groups is 3. The number of nitrogens with zero attached hydrogens (tertiary/aromatic N) is 1. The molecule has 1 saturated heterocycles. The zero-order chi connectivity index (χ0) is 8.32. The Morgan fingerprint density at radius 3 is 2.91 bits per heavy atom. The normalized spacial score (nSPS) is 39.0. The molecule has 0 aromatic carbocycles. The van der Waals surface area contributed by atoms with Gasteiger partial charge in [-0.2, -0.15) is 0 Å². The van der Waals surface area contributed by atoms with Crippen molar-refractivity contribution in [3.63, 3.8) is 0 Å². The van der Waals surface area contributed by atoms with Crippen LogP contribution in [0, 0.1) is 5.21 Å². The predicted octanol–water partition coefficient (Wildman–Crippen LogP) is 1.13.